The molecule has 2 N–H and O–H groups in total. The van der Waals surface area contributed by atoms with Gasteiger partial charge in [-0.3, -0.25) is 4.68 Å². The first-order valence-corrected chi connectivity index (χ1v) is 7.83. The van der Waals surface area contributed by atoms with Gasteiger partial charge in [-0.05, 0) is 18.8 Å². The molecule has 3 atom stereocenters. The largest absolute Gasteiger partial charge is 0.391 e. The lowest BCUT2D eigenvalue weighted by atomic mass is 10.1. The molecule has 8 heteroatoms. The van der Waals surface area contributed by atoms with Crippen molar-refractivity contribution >= 4 is 21.6 Å². The molecule has 1 fully saturated rings. The Morgan fingerprint density at radius 2 is 2.37 bits per heavy atom. The third-order valence-corrected chi connectivity index (χ3v) is 4.47. The maximum Gasteiger partial charge on any atom is 0.233 e. The number of hydrogen-bond donors (Lipinski definition) is 2. The van der Waals surface area contributed by atoms with Gasteiger partial charge in [0.05, 0.1) is 17.3 Å². The molecule has 0 bridgehead atoms. The van der Waals surface area contributed by atoms with Crippen molar-refractivity contribution in [3.05, 3.63) is 29.4 Å². The van der Waals surface area contributed by atoms with Crippen LogP contribution in [-0.4, -0.2) is 35.5 Å². The molecule has 1 aliphatic carbocycles. The van der Waals surface area contributed by atoms with Crippen LogP contribution in [0.4, 0.5) is 0 Å². The maximum atomic E-state index is 11.4. The second-order valence-corrected chi connectivity index (χ2v) is 6.82. The number of nitrogens with one attached hydrogen (secondary N) is 1. The molecule has 2 rings (SSSR count). The number of rotatable bonds is 5. The third-order valence-electron chi connectivity index (χ3n) is 3.21. The van der Waals surface area contributed by atoms with Crippen LogP contribution in [0.3, 0.4) is 0 Å². The molecule has 1 unspecified atom stereocenters. The lowest BCUT2D eigenvalue weighted by Crippen LogP contribution is -2.38. The molecule has 0 amide bonds. The monoisotopic (exact) mass is 305 g/mol. The molecule has 106 valence electrons. The minimum absolute atomic E-state index is 0.156. The van der Waals surface area contributed by atoms with Gasteiger partial charge in [-0.15, -0.1) is 0 Å². The molecule has 1 heterocycles. The van der Waals surface area contributed by atoms with E-state index in [9.17, 15) is 13.5 Å². The van der Waals surface area contributed by atoms with Crippen LogP contribution in [0.25, 0.3) is 0 Å². The topological polar surface area (TPSA) is 84.2 Å². The van der Waals surface area contributed by atoms with Crippen molar-refractivity contribution in [2.24, 2.45) is 5.92 Å². The second-order valence-electron chi connectivity index (χ2n) is 4.72. The Labute approximate surface area is 117 Å². The molecule has 1 aromatic heterocycles. The normalized spacial score (nSPS) is 27.6. The molecule has 0 aliphatic heterocycles. The van der Waals surface area contributed by atoms with E-state index in [2.05, 4.69) is 16.4 Å². The van der Waals surface area contributed by atoms with Gasteiger partial charge in [0.1, 0.15) is 0 Å². The molecule has 0 saturated heterocycles. The molecule has 1 saturated carbocycles. The second kappa shape index (κ2) is 5.62. The van der Waals surface area contributed by atoms with Gasteiger partial charge in [0, 0.05) is 24.2 Å². The smallest absolute Gasteiger partial charge is 0.233 e. The molecular weight excluding hydrogens is 290 g/mol. The molecule has 19 heavy (non-hydrogen) atoms. The summed E-state index contributed by atoms with van der Waals surface area (Å²) in [7, 11) is -3.52. The summed E-state index contributed by atoms with van der Waals surface area (Å²) in [5.41, 5.74) is 0. The molecule has 6 nitrogen and oxygen atoms in total. The Morgan fingerprint density at radius 3 is 2.95 bits per heavy atom. The van der Waals surface area contributed by atoms with Crippen molar-refractivity contribution in [1.82, 2.24) is 14.5 Å². The van der Waals surface area contributed by atoms with Gasteiger partial charge in [-0.25, -0.2) is 13.1 Å². The number of sulfonamides is 1. The number of aliphatic hydroxyl groups is 1. The zero-order valence-electron chi connectivity index (χ0n) is 10.2. The van der Waals surface area contributed by atoms with E-state index in [1.54, 1.807) is 17.1 Å². The Kier molecular flexibility index (Phi) is 4.29. The molecular formula is C11H16ClN3O3S. The first-order valence-electron chi connectivity index (χ1n) is 5.90. The summed E-state index contributed by atoms with van der Waals surface area (Å²) < 4.78 is 26.9. The highest BCUT2D eigenvalue weighted by Crippen LogP contribution is 2.28. The average Bonchev–Trinajstić information content (AvgIpc) is 2.86. The fourth-order valence-electron chi connectivity index (χ4n) is 2.36. The van der Waals surface area contributed by atoms with Gasteiger partial charge in [-0.1, -0.05) is 18.2 Å². The Morgan fingerprint density at radius 1 is 1.63 bits per heavy atom. The van der Waals surface area contributed by atoms with Crippen molar-refractivity contribution in [2.45, 2.75) is 31.5 Å². The number of hydrogen-bond acceptors (Lipinski definition) is 4. The number of aromatic nitrogens is 2. The summed E-state index contributed by atoms with van der Waals surface area (Å²) in [5, 5.41) is 15.4. The van der Waals surface area contributed by atoms with Crippen LogP contribution in [0, 0.1) is 5.92 Å². The fraction of sp³-hybridized carbons (Fsp3) is 0.545. The van der Waals surface area contributed by atoms with Crippen LogP contribution in [0.15, 0.2) is 24.4 Å². The van der Waals surface area contributed by atoms with Crippen molar-refractivity contribution in [3.63, 3.8) is 0 Å². The highest BCUT2D eigenvalue weighted by Gasteiger charge is 2.35. The van der Waals surface area contributed by atoms with E-state index in [0.717, 1.165) is 5.41 Å². The highest BCUT2D eigenvalue weighted by molar-refractivity contribution is 7.92. The van der Waals surface area contributed by atoms with Gasteiger partial charge in [-0.2, -0.15) is 5.10 Å². The van der Waals surface area contributed by atoms with Gasteiger partial charge in [0.2, 0.25) is 10.0 Å². The summed E-state index contributed by atoms with van der Waals surface area (Å²) in [5.74, 6) is 0.156. The minimum atomic E-state index is -3.52. The van der Waals surface area contributed by atoms with Crippen LogP contribution in [0.1, 0.15) is 12.8 Å². The van der Waals surface area contributed by atoms with Crippen LogP contribution in [0.2, 0.25) is 5.02 Å². The fourth-order valence-corrected chi connectivity index (χ4v) is 3.28. The lowest BCUT2D eigenvalue weighted by Gasteiger charge is -2.14. The van der Waals surface area contributed by atoms with E-state index in [4.69, 9.17) is 11.6 Å². The van der Waals surface area contributed by atoms with Crippen LogP contribution < -0.4 is 4.72 Å². The quantitative estimate of drug-likeness (QED) is 0.840. The maximum absolute atomic E-state index is 11.4. The summed E-state index contributed by atoms with van der Waals surface area (Å²) in [6.45, 7) is 3.84. The van der Waals surface area contributed by atoms with E-state index in [-0.39, 0.29) is 5.92 Å². The summed E-state index contributed by atoms with van der Waals surface area (Å²) in [6, 6.07) is -0.473. The van der Waals surface area contributed by atoms with E-state index in [0.29, 0.717) is 24.4 Å². The first-order chi connectivity index (χ1) is 8.89. The predicted molar refractivity (Wildman–Crippen MR) is 72.0 cm³/mol. The molecule has 0 aromatic carbocycles. The van der Waals surface area contributed by atoms with Crippen molar-refractivity contribution in [2.75, 3.05) is 0 Å². The van der Waals surface area contributed by atoms with E-state index < -0.39 is 22.2 Å². The Hall–Kier alpha value is -0.890. The van der Waals surface area contributed by atoms with E-state index in [1.165, 1.54) is 0 Å². The highest BCUT2D eigenvalue weighted by atomic mass is 35.5. The zero-order chi connectivity index (χ0) is 14.0. The minimum Gasteiger partial charge on any atom is -0.391 e. The number of aliphatic hydroxyl groups excluding tert-OH is 1. The lowest BCUT2D eigenvalue weighted by molar-refractivity contribution is 0.154. The molecule has 0 spiro atoms. The van der Waals surface area contributed by atoms with Crippen LogP contribution in [0.5, 0.6) is 0 Å². The van der Waals surface area contributed by atoms with Gasteiger partial charge >= 0.3 is 0 Å². The number of nitrogens with zero attached hydrogens (tertiary/aromatic N) is 2. The molecule has 1 aliphatic rings. The Bertz CT molecular complexity index is 557. The van der Waals surface area contributed by atoms with Crippen molar-refractivity contribution in [3.8, 4) is 0 Å². The molecule has 0 radical (unpaired) electrons. The summed E-state index contributed by atoms with van der Waals surface area (Å²) in [4.78, 5) is 0. The zero-order valence-corrected chi connectivity index (χ0v) is 11.8. The van der Waals surface area contributed by atoms with Crippen molar-refractivity contribution in [1.29, 1.82) is 0 Å². The average molecular weight is 306 g/mol. The molecule has 1 aromatic rings. The predicted octanol–water partition coefficient (Wildman–Crippen LogP) is 0.739. The standard InChI is InChI=1S/C11H16ClN3O3S/c1-2-19(17,18)14-10-3-8(4-11(10)16)6-15-7-9(12)5-13-15/h2,5,7-8,10-11,14,16H,1,3-4,6H2/t8?,10-,11-/m1/s1. The van der Waals surface area contributed by atoms with E-state index in [1.807, 2.05) is 0 Å². The summed E-state index contributed by atoms with van der Waals surface area (Å²) >= 11 is 5.77. The van der Waals surface area contributed by atoms with Gasteiger partial charge in [0.25, 0.3) is 0 Å². The van der Waals surface area contributed by atoms with Gasteiger partial charge < -0.3 is 5.11 Å². The van der Waals surface area contributed by atoms with E-state index >= 15 is 0 Å². The summed E-state index contributed by atoms with van der Waals surface area (Å²) in [6.07, 6.45) is 3.65. The van der Waals surface area contributed by atoms with Crippen molar-refractivity contribution < 1.29 is 13.5 Å². The number of halogens is 1. The Balaban J connectivity index is 1.95. The van der Waals surface area contributed by atoms with Gasteiger partial charge in [0.15, 0.2) is 0 Å². The SMILES string of the molecule is C=CS(=O)(=O)N[C@@H]1CC(Cn2cc(Cl)cn2)C[C@H]1O. The first kappa shape index (κ1) is 14.5. The third kappa shape index (κ3) is 3.79. The van der Waals surface area contributed by atoms with Crippen LogP contribution in [-0.2, 0) is 16.6 Å². The van der Waals surface area contributed by atoms with Crippen LogP contribution >= 0.6 is 11.6 Å².